The van der Waals surface area contributed by atoms with Crippen LogP contribution in [0.3, 0.4) is 0 Å². The molecular weight excluding hydrogens is 382 g/mol. The number of amides is 4. The van der Waals surface area contributed by atoms with Gasteiger partial charge in [-0.3, -0.25) is 0 Å². The average molecular weight is 407 g/mol. The topological polar surface area (TPSA) is 115 Å². The lowest BCUT2D eigenvalue weighted by atomic mass is 10.1. The third kappa shape index (κ3) is 6.79. The Labute approximate surface area is 175 Å². The van der Waals surface area contributed by atoms with Gasteiger partial charge in [0.05, 0.1) is 17.7 Å². The third-order valence-electron chi connectivity index (χ3n) is 4.68. The molecule has 0 spiro atoms. The fourth-order valence-electron chi connectivity index (χ4n) is 3.09. The highest BCUT2D eigenvalue weighted by molar-refractivity contribution is 5.89. The molecule has 1 saturated heterocycles. The molecule has 0 saturated carbocycles. The van der Waals surface area contributed by atoms with Crippen LogP contribution >= 0.6 is 0 Å². The molecule has 0 aliphatic carbocycles. The highest BCUT2D eigenvalue weighted by Crippen LogP contribution is 2.11. The molecule has 8 nitrogen and oxygen atoms in total. The van der Waals surface area contributed by atoms with Gasteiger partial charge in [-0.15, -0.1) is 0 Å². The third-order valence-corrected chi connectivity index (χ3v) is 4.68. The summed E-state index contributed by atoms with van der Waals surface area (Å²) in [6.07, 6.45) is 2.13. The van der Waals surface area contributed by atoms with Gasteiger partial charge in [0.1, 0.15) is 0 Å². The first-order valence-corrected chi connectivity index (χ1v) is 9.88. The SMILES string of the molecule is N#Cc1ccc(NC(=O)NCc2cccc(CNC(=O)NCC3CCCO3)c2)cc1. The van der Waals surface area contributed by atoms with Crippen molar-refractivity contribution in [3.63, 3.8) is 0 Å². The van der Waals surface area contributed by atoms with Crippen LogP contribution in [-0.4, -0.2) is 31.3 Å². The van der Waals surface area contributed by atoms with Crippen molar-refractivity contribution in [2.45, 2.75) is 32.0 Å². The van der Waals surface area contributed by atoms with E-state index in [0.717, 1.165) is 30.6 Å². The second-order valence-corrected chi connectivity index (χ2v) is 7.02. The van der Waals surface area contributed by atoms with Gasteiger partial charge in [-0.2, -0.15) is 5.26 Å². The number of carbonyl (C=O) groups excluding carboxylic acids is 2. The molecule has 1 fully saturated rings. The molecule has 1 aliphatic heterocycles. The molecule has 156 valence electrons. The molecule has 1 atom stereocenters. The number of anilines is 1. The summed E-state index contributed by atoms with van der Waals surface area (Å²) in [5.74, 6) is 0. The quantitative estimate of drug-likeness (QED) is 0.565. The van der Waals surface area contributed by atoms with E-state index in [-0.39, 0.29) is 18.2 Å². The minimum absolute atomic E-state index is 0.112. The predicted molar refractivity (Wildman–Crippen MR) is 113 cm³/mol. The maximum absolute atomic E-state index is 12.1. The number of urea groups is 2. The van der Waals surface area contributed by atoms with E-state index in [1.807, 2.05) is 30.3 Å². The predicted octanol–water partition coefficient (Wildman–Crippen LogP) is 2.86. The van der Waals surface area contributed by atoms with Crippen molar-refractivity contribution in [3.8, 4) is 6.07 Å². The van der Waals surface area contributed by atoms with E-state index in [2.05, 4.69) is 21.3 Å². The molecule has 0 aromatic heterocycles. The Kier molecular flexibility index (Phi) is 7.64. The van der Waals surface area contributed by atoms with E-state index >= 15 is 0 Å². The summed E-state index contributed by atoms with van der Waals surface area (Å²) < 4.78 is 5.48. The van der Waals surface area contributed by atoms with Gasteiger partial charge < -0.3 is 26.0 Å². The maximum atomic E-state index is 12.1. The molecule has 1 unspecified atom stereocenters. The van der Waals surface area contributed by atoms with Crippen molar-refractivity contribution in [1.82, 2.24) is 16.0 Å². The number of nitrogens with zero attached hydrogens (tertiary/aromatic N) is 1. The number of nitriles is 1. The first-order chi connectivity index (χ1) is 14.6. The van der Waals surface area contributed by atoms with Crippen molar-refractivity contribution in [2.24, 2.45) is 0 Å². The maximum Gasteiger partial charge on any atom is 0.319 e. The summed E-state index contributed by atoms with van der Waals surface area (Å²) in [6, 6.07) is 15.7. The van der Waals surface area contributed by atoms with Gasteiger partial charge in [-0.05, 0) is 48.2 Å². The molecule has 8 heteroatoms. The molecule has 30 heavy (non-hydrogen) atoms. The molecule has 0 bridgehead atoms. The second-order valence-electron chi connectivity index (χ2n) is 7.02. The molecule has 3 rings (SSSR count). The van der Waals surface area contributed by atoms with Gasteiger partial charge in [-0.1, -0.05) is 24.3 Å². The first kappa shape index (κ1) is 21.1. The van der Waals surface area contributed by atoms with Gasteiger partial charge in [0.2, 0.25) is 0 Å². The number of ether oxygens (including phenoxy) is 1. The second kappa shape index (κ2) is 10.8. The molecule has 2 aromatic carbocycles. The van der Waals surface area contributed by atoms with Crippen molar-refractivity contribution in [1.29, 1.82) is 5.26 Å². The van der Waals surface area contributed by atoms with E-state index in [1.54, 1.807) is 24.3 Å². The smallest absolute Gasteiger partial charge is 0.319 e. The molecule has 4 N–H and O–H groups in total. The Bertz CT molecular complexity index is 902. The van der Waals surface area contributed by atoms with Gasteiger partial charge in [0.25, 0.3) is 0 Å². The number of rotatable bonds is 7. The standard InChI is InChI=1S/C22H25N5O3/c23-12-16-6-8-19(9-7-16)27-22(29)25-14-18-4-1-3-17(11-18)13-24-21(28)26-15-20-5-2-10-30-20/h1,3-4,6-9,11,20H,2,5,10,13-15H2,(H2,24,26,28)(H2,25,27,29). The van der Waals surface area contributed by atoms with Crippen LogP contribution in [0.15, 0.2) is 48.5 Å². The molecular formula is C22H25N5O3. The van der Waals surface area contributed by atoms with Crippen LogP contribution in [0.4, 0.5) is 15.3 Å². The highest BCUT2D eigenvalue weighted by Gasteiger charge is 2.15. The Morgan fingerprint density at radius 3 is 2.33 bits per heavy atom. The average Bonchev–Trinajstić information content (AvgIpc) is 3.29. The van der Waals surface area contributed by atoms with Gasteiger partial charge in [-0.25, -0.2) is 9.59 Å². The van der Waals surface area contributed by atoms with Crippen molar-refractivity contribution < 1.29 is 14.3 Å². The van der Waals surface area contributed by atoms with Crippen LogP contribution in [0.25, 0.3) is 0 Å². The number of benzene rings is 2. The van der Waals surface area contributed by atoms with Crippen LogP contribution in [0.5, 0.6) is 0 Å². The van der Waals surface area contributed by atoms with Crippen LogP contribution < -0.4 is 21.3 Å². The van der Waals surface area contributed by atoms with Gasteiger partial charge in [0, 0.05) is 31.9 Å². The summed E-state index contributed by atoms with van der Waals surface area (Å²) in [7, 11) is 0. The van der Waals surface area contributed by atoms with Crippen LogP contribution in [0.1, 0.15) is 29.5 Å². The summed E-state index contributed by atoms with van der Waals surface area (Å²) in [6.45, 7) is 2.02. The molecule has 1 aliphatic rings. The summed E-state index contributed by atoms with van der Waals surface area (Å²) in [5, 5.41) is 20.0. The minimum Gasteiger partial charge on any atom is -0.376 e. The van der Waals surface area contributed by atoms with Crippen molar-refractivity contribution >= 4 is 17.7 Å². The zero-order valence-electron chi connectivity index (χ0n) is 16.6. The lowest BCUT2D eigenvalue weighted by Crippen LogP contribution is -2.39. The Morgan fingerprint density at radius 1 is 1.00 bits per heavy atom. The van der Waals surface area contributed by atoms with E-state index in [1.165, 1.54) is 0 Å². The van der Waals surface area contributed by atoms with Gasteiger partial charge in [0.15, 0.2) is 0 Å². The summed E-state index contributed by atoms with van der Waals surface area (Å²) in [4.78, 5) is 24.0. The Morgan fingerprint density at radius 2 is 1.70 bits per heavy atom. The fourth-order valence-corrected chi connectivity index (χ4v) is 3.09. The van der Waals surface area contributed by atoms with E-state index in [4.69, 9.17) is 10.00 Å². The normalized spacial score (nSPS) is 15.1. The Balaban J connectivity index is 1.40. The van der Waals surface area contributed by atoms with Crippen LogP contribution in [-0.2, 0) is 17.8 Å². The number of hydrogen-bond donors (Lipinski definition) is 4. The fraction of sp³-hybridized carbons (Fsp3) is 0.318. The van der Waals surface area contributed by atoms with E-state index < -0.39 is 0 Å². The minimum atomic E-state index is -0.336. The zero-order valence-corrected chi connectivity index (χ0v) is 16.6. The van der Waals surface area contributed by atoms with Crippen LogP contribution in [0.2, 0.25) is 0 Å². The van der Waals surface area contributed by atoms with Gasteiger partial charge >= 0.3 is 12.1 Å². The molecule has 0 radical (unpaired) electrons. The lowest BCUT2D eigenvalue weighted by Gasteiger charge is -2.12. The molecule has 2 aromatic rings. The number of nitrogens with one attached hydrogen (secondary N) is 4. The molecule has 1 heterocycles. The van der Waals surface area contributed by atoms with Crippen molar-refractivity contribution in [3.05, 3.63) is 65.2 Å². The first-order valence-electron chi connectivity index (χ1n) is 9.88. The van der Waals surface area contributed by atoms with Crippen LogP contribution in [0, 0.1) is 11.3 Å². The number of carbonyl (C=O) groups is 2. The molecule has 4 amide bonds. The van der Waals surface area contributed by atoms with Crippen molar-refractivity contribution in [2.75, 3.05) is 18.5 Å². The van der Waals surface area contributed by atoms with E-state index in [0.29, 0.717) is 30.9 Å². The highest BCUT2D eigenvalue weighted by atomic mass is 16.5. The van der Waals surface area contributed by atoms with E-state index in [9.17, 15) is 9.59 Å². The summed E-state index contributed by atoms with van der Waals surface area (Å²) in [5.41, 5.74) is 3.00. The lowest BCUT2D eigenvalue weighted by molar-refractivity contribution is 0.111. The zero-order chi connectivity index (χ0) is 21.2. The number of hydrogen-bond acceptors (Lipinski definition) is 4. The monoisotopic (exact) mass is 407 g/mol. The summed E-state index contributed by atoms with van der Waals surface area (Å²) >= 11 is 0. The Hall–Kier alpha value is -3.57. The largest absolute Gasteiger partial charge is 0.376 e.